The van der Waals surface area contributed by atoms with E-state index in [1.54, 1.807) is 0 Å². The predicted molar refractivity (Wildman–Crippen MR) is 74.9 cm³/mol. The summed E-state index contributed by atoms with van der Waals surface area (Å²) in [5, 5.41) is 0.648. The number of thioether (sulfide) groups is 1. The first-order valence-electron chi connectivity index (χ1n) is 6.03. The lowest BCUT2D eigenvalue weighted by molar-refractivity contribution is -0.145. The second-order valence-corrected chi connectivity index (χ2v) is 5.41. The Kier molecular flexibility index (Phi) is 4.82. The largest absolute Gasteiger partial charge is 0.467 e. The molecule has 20 heavy (non-hydrogen) atoms. The van der Waals surface area contributed by atoms with E-state index in [1.807, 2.05) is 6.26 Å². The molecule has 1 aromatic rings. The maximum absolute atomic E-state index is 12.5. The van der Waals surface area contributed by atoms with Crippen molar-refractivity contribution < 1.29 is 14.3 Å². The van der Waals surface area contributed by atoms with E-state index in [2.05, 4.69) is 9.97 Å². The van der Waals surface area contributed by atoms with Crippen molar-refractivity contribution in [1.29, 1.82) is 0 Å². The number of hydrogen-bond donors (Lipinski definition) is 0. The molecule has 0 spiro atoms. The summed E-state index contributed by atoms with van der Waals surface area (Å²) in [7, 11) is 1.31. The summed E-state index contributed by atoms with van der Waals surface area (Å²) >= 11 is 7.31. The van der Waals surface area contributed by atoms with Crippen LogP contribution in [0, 0.1) is 0 Å². The highest BCUT2D eigenvalue weighted by atomic mass is 35.5. The first-order chi connectivity index (χ1) is 9.58. The summed E-state index contributed by atoms with van der Waals surface area (Å²) in [5.74, 6) is -0.772. The van der Waals surface area contributed by atoms with Crippen molar-refractivity contribution in [3.8, 4) is 0 Å². The molecule has 0 aliphatic carbocycles. The highest BCUT2D eigenvalue weighted by Crippen LogP contribution is 2.24. The normalized spacial score (nSPS) is 18.1. The molecule has 0 radical (unpaired) electrons. The molecule has 0 N–H and O–H groups in total. The summed E-state index contributed by atoms with van der Waals surface area (Å²) in [4.78, 5) is 33.8. The average Bonchev–Trinajstić information content (AvgIpc) is 2.95. The third kappa shape index (κ3) is 2.88. The molecule has 1 atom stereocenters. The first kappa shape index (κ1) is 15.1. The number of methoxy groups -OCH3 is 1. The van der Waals surface area contributed by atoms with Crippen LogP contribution < -0.4 is 0 Å². The molecule has 0 aromatic carbocycles. The summed E-state index contributed by atoms with van der Waals surface area (Å²) < 4.78 is 4.72. The van der Waals surface area contributed by atoms with Crippen LogP contribution in [-0.4, -0.2) is 52.7 Å². The van der Waals surface area contributed by atoms with E-state index < -0.39 is 12.0 Å². The van der Waals surface area contributed by atoms with Gasteiger partial charge >= 0.3 is 5.97 Å². The zero-order chi connectivity index (χ0) is 14.7. The molecular formula is C12H14ClN3O3S. The quantitative estimate of drug-likeness (QED) is 0.479. The highest BCUT2D eigenvalue weighted by Gasteiger charge is 2.36. The van der Waals surface area contributed by atoms with Crippen molar-refractivity contribution in [1.82, 2.24) is 14.9 Å². The molecule has 0 saturated carbocycles. The highest BCUT2D eigenvalue weighted by molar-refractivity contribution is 7.98. The maximum Gasteiger partial charge on any atom is 0.328 e. The summed E-state index contributed by atoms with van der Waals surface area (Å²) in [5.41, 5.74) is 0.127. The Morgan fingerprint density at radius 2 is 2.30 bits per heavy atom. The van der Waals surface area contributed by atoms with Gasteiger partial charge in [0.2, 0.25) is 0 Å². The number of hydrogen-bond acceptors (Lipinski definition) is 6. The molecule has 2 rings (SSSR count). The van der Waals surface area contributed by atoms with Gasteiger partial charge in [0.15, 0.2) is 10.9 Å². The molecule has 1 amide bonds. The van der Waals surface area contributed by atoms with Crippen LogP contribution in [0.3, 0.4) is 0 Å². The lowest BCUT2D eigenvalue weighted by Crippen LogP contribution is -2.41. The zero-order valence-corrected chi connectivity index (χ0v) is 12.7. The number of esters is 1. The number of amides is 1. The molecule has 1 saturated heterocycles. The van der Waals surface area contributed by atoms with E-state index in [1.165, 1.54) is 30.0 Å². The van der Waals surface area contributed by atoms with Crippen molar-refractivity contribution in [2.24, 2.45) is 0 Å². The average molecular weight is 316 g/mol. The molecule has 108 valence electrons. The van der Waals surface area contributed by atoms with E-state index in [4.69, 9.17) is 16.3 Å². The van der Waals surface area contributed by atoms with Crippen molar-refractivity contribution in [2.45, 2.75) is 24.0 Å². The van der Waals surface area contributed by atoms with Crippen LogP contribution in [0.1, 0.15) is 23.3 Å². The standard InChI is InChI=1S/C12H14ClN3O3S/c1-19-11(18)8-4-3-5-16(8)10(17)9-7(13)6-14-12(15-9)20-2/h6,8H,3-5H2,1-2H3. The Labute approximate surface area is 125 Å². The topological polar surface area (TPSA) is 72.4 Å². The van der Waals surface area contributed by atoms with Crippen LogP contribution in [0.25, 0.3) is 0 Å². The molecule has 0 bridgehead atoms. The lowest BCUT2D eigenvalue weighted by Gasteiger charge is -2.22. The maximum atomic E-state index is 12.5. The molecule has 1 aliphatic heterocycles. The van der Waals surface area contributed by atoms with Crippen LogP contribution in [0.2, 0.25) is 5.02 Å². The minimum Gasteiger partial charge on any atom is -0.467 e. The number of aromatic nitrogens is 2. The van der Waals surface area contributed by atoms with Gasteiger partial charge < -0.3 is 9.64 Å². The summed E-state index contributed by atoms with van der Waals surface area (Å²) in [6.07, 6.45) is 4.56. The fourth-order valence-electron chi connectivity index (χ4n) is 2.13. The zero-order valence-electron chi connectivity index (χ0n) is 11.1. The van der Waals surface area contributed by atoms with Gasteiger partial charge in [0.25, 0.3) is 5.91 Å². The first-order valence-corrected chi connectivity index (χ1v) is 7.64. The van der Waals surface area contributed by atoms with Crippen molar-refractivity contribution in [2.75, 3.05) is 19.9 Å². The number of halogens is 1. The van der Waals surface area contributed by atoms with Crippen LogP contribution in [0.5, 0.6) is 0 Å². The van der Waals surface area contributed by atoms with Gasteiger partial charge in [-0.3, -0.25) is 4.79 Å². The van der Waals surface area contributed by atoms with Gasteiger partial charge in [0, 0.05) is 6.54 Å². The lowest BCUT2D eigenvalue weighted by atomic mass is 10.2. The third-order valence-corrected chi connectivity index (χ3v) is 3.93. The SMILES string of the molecule is COC(=O)C1CCCN1C(=O)c1nc(SC)ncc1Cl. The Morgan fingerprint density at radius 1 is 1.55 bits per heavy atom. The minimum atomic E-state index is -0.559. The fourth-order valence-corrected chi connectivity index (χ4v) is 2.64. The molecule has 6 nitrogen and oxygen atoms in total. The molecule has 2 heterocycles. The third-order valence-electron chi connectivity index (χ3n) is 3.09. The molecule has 8 heteroatoms. The second kappa shape index (κ2) is 6.41. The predicted octanol–water partition coefficient (Wildman–Crippen LogP) is 1.63. The Morgan fingerprint density at radius 3 is 2.95 bits per heavy atom. The van der Waals surface area contributed by atoms with Gasteiger partial charge in [-0.15, -0.1) is 0 Å². The monoisotopic (exact) mass is 315 g/mol. The van der Waals surface area contributed by atoms with Gasteiger partial charge in [-0.2, -0.15) is 0 Å². The summed E-state index contributed by atoms with van der Waals surface area (Å²) in [6, 6.07) is -0.559. The van der Waals surface area contributed by atoms with Crippen LogP contribution in [0.15, 0.2) is 11.4 Å². The number of rotatable bonds is 3. The van der Waals surface area contributed by atoms with Crippen LogP contribution >= 0.6 is 23.4 Å². The number of carbonyl (C=O) groups excluding carboxylic acids is 2. The van der Waals surface area contributed by atoms with Crippen molar-refractivity contribution in [3.05, 3.63) is 16.9 Å². The van der Waals surface area contributed by atoms with Gasteiger partial charge in [0.05, 0.1) is 18.3 Å². The second-order valence-electron chi connectivity index (χ2n) is 4.23. The number of nitrogens with zero attached hydrogens (tertiary/aromatic N) is 3. The van der Waals surface area contributed by atoms with Crippen molar-refractivity contribution >= 4 is 35.2 Å². The molecule has 1 aliphatic rings. The van der Waals surface area contributed by atoms with Crippen molar-refractivity contribution in [3.63, 3.8) is 0 Å². The van der Waals surface area contributed by atoms with Gasteiger partial charge in [-0.25, -0.2) is 14.8 Å². The molecule has 1 unspecified atom stereocenters. The fraction of sp³-hybridized carbons (Fsp3) is 0.500. The van der Waals surface area contributed by atoms with E-state index in [0.717, 1.165) is 6.42 Å². The van der Waals surface area contributed by atoms with Gasteiger partial charge in [-0.05, 0) is 19.1 Å². The van der Waals surface area contributed by atoms with Gasteiger partial charge in [0.1, 0.15) is 6.04 Å². The van der Waals surface area contributed by atoms with Crippen LogP contribution in [0.4, 0.5) is 0 Å². The molecule has 1 aromatic heterocycles. The minimum absolute atomic E-state index is 0.127. The van der Waals surface area contributed by atoms with E-state index >= 15 is 0 Å². The molecule has 1 fully saturated rings. The smallest absolute Gasteiger partial charge is 0.328 e. The van der Waals surface area contributed by atoms with E-state index in [9.17, 15) is 9.59 Å². The number of ether oxygens (including phenoxy) is 1. The van der Waals surface area contributed by atoms with E-state index in [0.29, 0.717) is 18.1 Å². The number of carbonyl (C=O) groups is 2. The van der Waals surface area contributed by atoms with E-state index in [-0.39, 0.29) is 16.6 Å². The molecular weight excluding hydrogens is 302 g/mol. The van der Waals surface area contributed by atoms with Crippen LogP contribution in [-0.2, 0) is 9.53 Å². The Bertz CT molecular complexity index is 541. The summed E-state index contributed by atoms with van der Waals surface area (Å²) in [6.45, 7) is 0.494. The number of likely N-dealkylation sites (tertiary alicyclic amines) is 1. The van der Waals surface area contributed by atoms with Gasteiger partial charge in [-0.1, -0.05) is 23.4 Å². The Balaban J connectivity index is 2.28. The Hall–Kier alpha value is -1.34.